The van der Waals surface area contributed by atoms with Crippen LogP contribution >= 0.6 is 0 Å². The molecule has 2 amide bonds. The molecule has 2 aliphatic rings. The SMILES string of the molecule is O=C(O)N1C[C@H]2C[C@@H](O)[C@@H](C1)N2C(=O)O. The lowest BCUT2D eigenvalue weighted by Crippen LogP contribution is -2.57. The molecule has 2 heterocycles. The second-order valence-corrected chi connectivity index (χ2v) is 3.90. The first-order valence-corrected chi connectivity index (χ1v) is 4.68. The number of carbonyl (C=O) groups is 2. The van der Waals surface area contributed by atoms with Gasteiger partial charge in [0.1, 0.15) is 0 Å². The van der Waals surface area contributed by atoms with Crippen LogP contribution < -0.4 is 0 Å². The predicted molar refractivity (Wildman–Crippen MR) is 47.7 cm³/mol. The summed E-state index contributed by atoms with van der Waals surface area (Å²) in [4.78, 5) is 23.9. The average molecular weight is 216 g/mol. The topological polar surface area (TPSA) is 101 Å². The quantitative estimate of drug-likeness (QED) is 0.505. The second kappa shape index (κ2) is 3.27. The predicted octanol–water partition coefficient (Wildman–Crippen LogP) is -0.538. The molecular weight excluding hydrogens is 204 g/mol. The van der Waals surface area contributed by atoms with Crippen LogP contribution in [-0.4, -0.2) is 68.6 Å². The first-order valence-electron chi connectivity index (χ1n) is 4.68. The van der Waals surface area contributed by atoms with E-state index in [1.807, 2.05) is 0 Å². The van der Waals surface area contributed by atoms with Gasteiger partial charge in [-0.15, -0.1) is 0 Å². The van der Waals surface area contributed by atoms with Crippen molar-refractivity contribution >= 4 is 12.2 Å². The van der Waals surface area contributed by atoms with Gasteiger partial charge in [0.2, 0.25) is 0 Å². The van der Waals surface area contributed by atoms with Gasteiger partial charge in [0.15, 0.2) is 0 Å². The molecule has 0 spiro atoms. The maximum Gasteiger partial charge on any atom is 0.408 e. The maximum absolute atomic E-state index is 10.9. The minimum absolute atomic E-state index is 0.0549. The molecule has 0 aliphatic carbocycles. The first-order chi connectivity index (χ1) is 7.00. The van der Waals surface area contributed by atoms with Gasteiger partial charge in [0.05, 0.1) is 18.2 Å². The summed E-state index contributed by atoms with van der Waals surface area (Å²) < 4.78 is 0. The van der Waals surface area contributed by atoms with E-state index in [0.29, 0.717) is 6.42 Å². The minimum atomic E-state index is -1.09. The van der Waals surface area contributed by atoms with Crippen LogP contribution in [0.2, 0.25) is 0 Å². The number of rotatable bonds is 0. The first kappa shape index (κ1) is 10.0. The normalized spacial score (nSPS) is 34.3. The van der Waals surface area contributed by atoms with Crippen molar-refractivity contribution in [1.29, 1.82) is 0 Å². The van der Waals surface area contributed by atoms with E-state index in [9.17, 15) is 14.7 Å². The molecule has 0 saturated carbocycles. The van der Waals surface area contributed by atoms with E-state index in [1.165, 1.54) is 4.90 Å². The molecule has 0 aromatic heterocycles. The van der Waals surface area contributed by atoms with Crippen molar-refractivity contribution in [1.82, 2.24) is 9.80 Å². The number of aliphatic hydroxyl groups is 1. The summed E-state index contributed by atoms with van der Waals surface area (Å²) in [5.41, 5.74) is 0. The highest BCUT2D eigenvalue weighted by molar-refractivity contribution is 5.69. The number of hydrogen-bond acceptors (Lipinski definition) is 3. The summed E-state index contributed by atoms with van der Waals surface area (Å²) in [6.07, 6.45) is -2.59. The lowest BCUT2D eigenvalue weighted by Gasteiger charge is -2.38. The molecule has 2 aliphatic heterocycles. The van der Waals surface area contributed by atoms with Crippen LogP contribution in [0.5, 0.6) is 0 Å². The summed E-state index contributed by atoms with van der Waals surface area (Å²) in [7, 11) is 0. The van der Waals surface area contributed by atoms with Crippen LogP contribution in [0, 0.1) is 0 Å². The molecule has 2 rings (SSSR count). The Hall–Kier alpha value is -1.50. The molecule has 7 nitrogen and oxygen atoms in total. The monoisotopic (exact) mass is 216 g/mol. The lowest BCUT2D eigenvalue weighted by atomic mass is 10.2. The summed E-state index contributed by atoms with van der Waals surface area (Å²) in [5.74, 6) is 0. The molecule has 2 fully saturated rings. The van der Waals surface area contributed by atoms with Crippen molar-refractivity contribution in [2.24, 2.45) is 0 Å². The summed E-state index contributed by atoms with van der Waals surface area (Å²) in [6, 6.07) is -1.02. The molecule has 15 heavy (non-hydrogen) atoms. The largest absolute Gasteiger partial charge is 0.465 e. The van der Waals surface area contributed by atoms with Crippen LogP contribution in [0.1, 0.15) is 6.42 Å². The van der Waals surface area contributed by atoms with Gasteiger partial charge < -0.3 is 20.2 Å². The van der Waals surface area contributed by atoms with E-state index in [4.69, 9.17) is 10.2 Å². The Labute approximate surface area is 85.5 Å². The third kappa shape index (κ3) is 1.48. The molecule has 3 atom stereocenters. The van der Waals surface area contributed by atoms with E-state index in [1.54, 1.807) is 0 Å². The van der Waals surface area contributed by atoms with Gasteiger partial charge in [-0.3, -0.25) is 4.90 Å². The van der Waals surface area contributed by atoms with E-state index in [2.05, 4.69) is 0 Å². The van der Waals surface area contributed by atoms with Crippen LogP contribution in [0.15, 0.2) is 0 Å². The molecule has 84 valence electrons. The molecule has 0 radical (unpaired) electrons. The highest BCUT2D eigenvalue weighted by Gasteiger charge is 2.49. The Bertz CT molecular complexity index is 307. The number of amides is 2. The number of hydrogen-bond donors (Lipinski definition) is 3. The fourth-order valence-electron chi connectivity index (χ4n) is 2.39. The third-order valence-corrected chi connectivity index (χ3v) is 3.04. The molecule has 0 aromatic carbocycles. The third-order valence-electron chi connectivity index (χ3n) is 3.04. The number of nitrogens with zero attached hydrogens (tertiary/aromatic N) is 2. The molecule has 0 unspecified atom stereocenters. The standard InChI is InChI=1S/C8H12N2O5/c11-6-1-4-2-9(7(12)13)3-5(6)10(4)8(14)15/h4-6,11H,1-3H2,(H,12,13)(H,14,15)/t4-,5-,6-/m1/s1. The van der Waals surface area contributed by atoms with E-state index >= 15 is 0 Å². The fourth-order valence-corrected chi connectivity index (χ4v) is 2.39. The second-order valence-electron chi connectivity index (χ2n) is 3.90. The smallest absolute Gasteiger partial charge is 0.408 e. The highest BCUT2D eigenvalue weighted by atomic mass is 16.4. The van der Waals surface area contributed by atoms with Gasteiger partial charge >= 0.3 is 12.2 Å². The summed E-state index contributed by atoms with van der Waals surface area (Å²) in [5, 5.41) is 27.3. The van der Waals surface area contributed by atoms with Gasteiger partial charge in [-0.2, -0.15) is 0 Å². The molecule has 7 heteroatoms. The number of aliphatic hydroxyl groups excluding tert-OH is 1. The Morgan fingerprint density at radius 2 is 1.80 bits per heavy atom. The number of piperazine rings is 1. The highest BCUT2D eigenvalue weighted by Crippen LogP contribution is 2.30. The van der Waals surface area contributed by atoms with Crippen molar-refractivity contribution in [3.63, 3.8) is 0 Å². The van der Waals surface area contributed by atoms with Crippen LogP contribution in [0.3, 0.4) is 0 Å². The zero-order chi connectivity index (χ0) is 11.2. The molecule has 2 bridgehead atoms. The average Bonchev–Trinajstić information content (AvgIpc) is 2.34. The van der Waals surface area contributed by atoms with E-state index in [0.717, 1.165) is 4.90 Å². The van der Waals surface area contributed by atoms with Gasteiger partial charge in [-0.1, -0.05) is 0 Å². The van der Waals surface area contributed by atoms with Crippen LogP contribution in [-0.2, 0) is 0 Å². The summed E-state index contributed by atoms with van der Waals surface area (Å²) >= 11 is 0. The van der Waals surface area contributed by atoms with Crippen molar-refractivity contribution in [3.05, 3.63) is 0 Å². The Balaban J connectivity index is 2.18. The number of fused-ring (bicyclic) bond motifs is 2. The molecule has 3 N–H and O–H groups in total. The summed E-state index contributed by atoms with van der Waals surface area (Å²) in [6.45, 7) is 0.203. The molecule has 0 aromatic rings. The number of likely N-dealkylation sites (tertiary alicyclic amines) is 1. The van der Waals surface area contributed by atoms with E-state index in [-0.39, 0.29) is 13.1 Å². The Morgan fingerprint density at radius 3 is 2.27 bits per heavy atom. The van der Waals surface area contributed by atoms with Crippen molar-refractivity contribution in [2.75, 3.05) is 13.1 Å². The van der Waals surface area contributed by atoms with Crippen molar-refractivity contribution in [2.45, 2.75) is 24.6 Å². The Kier molecular flexibility index (Phi) is 2.18. The maximum atomic E-state index is 10.9. The zero-order valence-electron chi connectivity index (χ0n) is 7.91. The zero-order valence-corrected chi connectivity index (χ0v) is 7.91. The van der Waals surface area contributed by atoms with Crippen LogP contribution in [0.4, 0.5) is 9.59 Å². The van der Waals surface area contributed by atoms with E-state index < -0.39 is 30.4 Å². The van der Waals surface area contributed by atoms with Crippen molar-refractivity contribution in [3.8, 4) is 0 Å². The van der Waals surface area contributed by atoms with Crippen LogP contribution in [0.25, 0.3) is 0 Å². The fraction of sp³-hybridized carbons (Fsp3) is 0.750. The molecule has 2 saturated heterocycles. The lowest BCUT2D eigenvalue weighted by molar-refractivity contribution is 0.0396. The van der Waals surface area contributed by atoms with Gasteiger partial charge in [0, 0.05) is 13.1 Å². The van der Waals surface area contributed by atoms with Gasteiger partial charge in [-0.05, 0) is 6.42 Å². The van der Waals surface area contributed by atoms with Gasteiger partial charge in [-0.25, -0.2) is 9.59 Å². The van der Waals surface area contributed by atoms with Crippen molar-refractivity contribution < 1.29 is 24.9 Å². The Morgan fingerprint density at radius 1 is 1.13 bits per heavy atom. The van der Waals surface area contributed by atoms with Gasteiger partial charge in [0.25, 0.3) is 0 Å². The molecular formula is C8H12N2O5. The minimum Gasteiger partial charge on any atom is -0.465 e. The number of carboxylic acid groups (broad SMARTS) is 2.